The lowest BCUT2D eigenvalue weighted by molar-refractivity contribution is 0.491. The summed E-state index contributed by atoms with van der Waals surface area (Å²) in [6.45, 7) is 8.01. The van der Waals surface area contributed by atoms with E-state index in [2.05, 4.69) is 29.2 Å². The molecule has 0 fully saturated rings. The minimum Gasteiger partial charge on any atom is -0.368 e. The fraction of sp³-hybridized carbons (Fsp3) is 0.778. The van der Waals surface area contributed by atoms with Gasteiger partial charge in [-0.25, -0.2) is 4.68 Å². The Morgan fingerprint density at radius 1 is 1.50 bits per heavy atom. The van der Waals surface area contributed by atoms with Crippen molar-refractivity contribution in [2.45, 2.75) is 33.7 Å². The fourth-order valence-corrected chi connectivity index (χ4v) is 1.13. The number of nitrogens with one attached hydrogen (secondary N) is 1. The van der Waals surface area contributed by atoms with Crippen LogP contribution in [-0.4, -0.2) is 21.3 Å². The highest BCUT2D eigenvalue weighted by Crippen LogP contribution is 2.08. The summed E-state index contributed by atoms with van der Waals surface area (Å²) in [6, 6.07) is 0. The third-order valence-electron chi connectivity index (χ3n) is 1.95. The van der Waals surface area contributed by atoms with Crippen molar-refractivity contribution in [3.05, 3.63) is 0 Å². The number of nitrogens with zero attached hydrogens (tertiary/aromatic N) is 3. The molecular weight excluding hydrogens is 178 g/mol. The van der Waals surface area contributed by atoms with Gasteiger partial charge in [0.1, 0.15) is 0 Å². The Balaban J connectivity index is 2.58. The monoisotopic (exact) mass is 197 g/mol. The minimum atomic E-state index is 0.488. The van der Waals surface area contributed by atoms with E-state index >= 15 is 0 Å². The fourth-order valence-electron chi connectivity index (χ4n) is 1.13. The summed E-state index contributed by atoms with van der Waals surface area (Å²) < 4.78 is 1.75. The molecule has 0 aromatic carbocycles. The summed E-state index contributed by atoms with van der Waals surface area (Å²) in [7, 11) is 0. The lowest BCUT2D eigenvalue weighted by Crippen LogP contribution is -2.07. The van der Waals surface area contributed by atoms with Crippen molar-refractivity contribution < 1.29 is 0 Å². The van der Waals surface area contributed by atoms with E-state index in [1.807, 2.05) is 6.92 Å². The molecule has 0 saturated carbocycles. The van der Waals surface area contributed by atoms with Crippen LogP contribution in [0.25, 0.3) is 0 Å². The van der Waals surface area contributed by atoms with Gasteiger partial charge in [-0.1, -0.05) is 13.8 Å². The van der Waals surface area contributed by atoms with Crippen LogP contribution in [-0.2, 0) is 6.54 Å². The second kappa shape index (κ2) is 4.83. The van der Waals surface area contributed by atoms with Gasteiger partial charge < -0.3 is 11.1 Å². The summed E-state index contributed by atoms with van der Waals surface area (Å²) in [4.78, 5) is 4.10. The molecule has 0 amide bonds. The van der Waals surface area contributed by atoms with Crippen molar-refractivity contribution in [1.29, 1.82) is 0 Å². The predicted octanol–water partition coefficient (Wildman–Crippen LogP) is 1.34. The molecule has 3 N–H and O–H groups in total. The first kappa shape index (κ1) is 10.8. The molecule has 1 rings (SSSR count). The smallest absolute Gasteiger partial charge is 0.243 e. The molecule has 1 aromatic rings. The van der Waals surface area contributed by atoms with Gasteiger partial charge in [0.05, 0.1) is 0 Å². The molecule has 0 bridgehead atoms. The number of hydrogen-bond acceptors (Lipinski definition) is 4. The third-order valence-corrected chi connectivity index (χ3v) is 1.95. The second-order valence-corrected chi connectivity index (χ2v) is 3.73. The van der Waals surface area contributed by atoms with Crippen molar-refractivity contribution >= 4 is 11.9 Å². The Kier molecular flexibility index (Phi) is 3.73. The number of rotatable bonds is 5. The van der Waals surface area contributed by atoms with Crippen LogP contribution in [0.15, 0.2) is 0 Å². The SMILES string of the molecule is CCNc1nc(N)n(CCC(C)C)n1. The van der Waals surface area contributed by atoms with Gasteiger partial charge in [-0.2, -0.15) is 4.98 Å². The molecule has 5 nitrogen and oxygen atoms in total. The normalized spacial score (nSPS) is 10.9. The lowest BCUT2D eigenvalue weighted by Gasteiger charge is -2.04. The van der Waals surface area contributed by atoms with Crippen LogP contribution >= 0.6 is 0 Å². The van der Waals surface area contributed by atoms with Crippen LogP contribution < -0.4 is 11.1 Å². The molecule has 80 valence electrons. The van der Waals surface area contributed by atoms with Crippen LogP contribution in [0, 0.1) is 5.92 Å². The van der Waals surface area contributed by atoms with Crippen LogP contribution in [0.1, 0.15) is 27.2 Å². The summed E-state index contributed by atoms with van der Waals surface area (Å²) in [5.74, 6) is 1.76. The Morgan fingerprint density at radius 3 is 2.79 bits per heavy atom. The zero-order valence-electron chi connectivity index (χ0n) is 9.12. The third kappa shape index (κ3) is 2.90. The highest BCUT2D eigenvalue weighted by atomic mass is 15.4. The van der Waals surface area contributed by atoms with Crippen molar-refractivity contribution in [3.8, 4) is 0 Å². The van der Waals surface area contributed by atoms with Crippen LogP contribution in [0.3, 0.4) is 0 Å². The zero-order valence-corrected chi connectivity index (χ0v) is 9.12. The quantitative estimate of drug-likeness (QED) is 0.747. The largest absolute Gasteiger partial charge is 0.368 e. The summed E-state index contributed by atoms with van der Waals surface area (Å²) in [5.41, 5.74) is 5.71. The maximum absolute atomic E-state index is 5.71. The molecule has 1 aromatic heterocycles. The van der Waals surface area contributed by atoms with Gasteiger partial charge in [-0.15, -0.1) is 5.10 Å². The Labute approximate surface area is 84.7 Å². The Hall–Kier alpha value is -1.26. The minimum absolute atomic E-state index is 0.488. The van der Waals surface area contributed by atoms with Crippen molar-refractivity contribution in [2.24, 2.45) is 5.92 Å². The van der Waals surface area contributed by atoms with Crippen LogP contribution in [0.5, 0.6) is 0 Å². The number of aryl methyl sites for hydroxylation is 1. The Morgan fingerprint density at radius 2 is 2.21 bits per heavy atom. The standard InChI is InChI=1S/C9H19N5/c1-4-11-9-12-8(10)14(13-9)6-5-7(2)3/h7H,4-6H2,1-3H3,(H3,10,11,12,13). The molecule has 1 heterocycles. The van der Waals surface area contributed by atoms with Gasteiger partial charge in [-0.05, 0) is 19.3 Å². The van der Waals surface area contributed by atoms with Gasteiger partial charge in [0, 0.05) is 13.1 Å². The molecule has 0 atom stereocenters. The number of aromatic nitrogens is 3. The number of nitrogens with two attached hydrogens (primary N) is 1. The Bertz CT molecular complexity index is 279. The molecule has 14 heavy (non-hydrogen) atoms. The van der Waals surface area contributed by atoms with Gasteiger partial charge >= 0.3 is 0 Å². The predicted molar refractivity (Wildman–Crippen MR) is 58.1 cm³/mol. The second-order valence-electron chi connectivity index (χ2n) is 3.73. The average Bonchev–Trinajstić information content (AvgIpc) is 2.44. The lowest BCUT2D eigenvalue weighted by atomic mass is 10.1. The summed E-state index contributed by atoms with van der Waals surface area (Å²) >= 11 is 0. The van der Waals surface area contributed by atoms with Crippen molar-refractivity contribution in [2.75, 3.05) is 17.6 Å². The first-order valence-electron chi connectivity index (χ1n) is 5.07. The molecule has 0 aliphatic heterocycles. The molecule has 0 spiro atoms. The highest BCUT2D eigenvalue weighted by Gasteiger charge is 2.05. The molecular formula is C9H19N5. The summed E-state index contributed by atoms with van der Waals surface area (Å²) in [6.07, 6.45) is 1.07. The molecule has 0 saturated heterocycles. The van der Waals surface area contributed by atoms with E-state index in [-0.39, 0.29) is 0 Å². The molecule has 0 unspecified atom stereocenters. The number of anilines is 2. The number of nitrogen functional groups attached to an aromatic ring is 1. The molecule has 0 aliphatic rings. The topological polar surface area (TPSA) is 68.8 Å². The van der Waals surface area contributed by atoms with E-state index in [4.69, 9.17) is 5.73 Å². The maximum Gasteiger partial charge on any atom is 0.243 e. The highest BCUT2D eigenvalue weighted by molar-refractivity contribution is 5.30. The van der Waals surface area contributed by atoms with Gasteiger partial charge in [-0.3, -0.25) is 0 Å². The van der Waals surface area contributed by atoms with Crippen molar-refractivity contribution in [1.82, 2.24) is 14.8 Å². The van der Waals surface area contributed by atoms with E-state index in [0.717, 1.165) is 19.5 Å². The zero-order chi connectivity index (χ0) is 10.6. The van der Waals surface area contributed by atoms with E-state index in [1.54, 1.807) is 4.68 Å². The molecule has 0 radical (unpaired) electrons. The van der Waals surface area contributed by atoms with E-state index < -0.39 is 0 Å². The molecule has 0 aliphatic carbocycles. The van der Waals surface area contributed by atoms with Crippen molar-refractivity contribution in [3.63, 3.8) is 0 Å². The van der Waals surface area contributed by atoms with Crippen LogP contribution in [0.2, 0.25) is 0 Å². The number of hydrogen-bond donors (Lipinski definition) is 2. The van der Waals surface area contributed by atoms with Gasteiger partial charge in [0.25, 0.3) is 0 Å². The first-order valence-corrected chi connectivity index (χ1v) is 5.07. The first-order chi connectivity index (χ1) is 6.63. The maximum atomic E-state index is 5.71. The van der Waals surface area contributed by atoms with E-state index in [0.29, 0.717) is 17.8 Å². The average molecular weight is 197 g/mol. The van der Waals surface area contributed by atoms with E-state index in [9.17, 15) is 0 Å². The van der Waals surface area contributed by atoms with Gasteiger partial charge in [0.2, 0.25) is 11.9 Å². The van der Waals surface area contributed by atoms with Gasteiger partial charge in [0.15, 0.2) is 0 Å². The summed E-state index contributed by atoms with van der Waals surface area (Å²) in [5, 5.41) is 7.27. The molecule has 5 heteroatoms. The van der Waals surface area contributed by atoms with E-state index in [1.165, 1.54) is 0 Å². The van der Waals surface area contributed by atoms with Crippen LogP contribution in [0.4, 0.5) is 11.9 Å².